The van der Waals surface area contributed by atoms with Gasteiger partial charge in [0.25, 0.3) is 5.88 Å². The lowest BCUT2D eigenvalue weighted by Crippen LogP contribution is -2.16. The van der Waals surface area contributed by atoms with E-state index in [1.54, 1.807) is 6.92 Å². The van der Waals surface area contributed by atoms with E-state index in [0.29, 0.717) is 6.07 Å². The lowest BCUT2D eigenvalue weighted by molar-refractivity contribution is -0.141. The lowest BCUT2D eigenvalue weighted by Gasteiger charge is -2.11. The number of aromatic carboxylic acids is 1. The molecule has 0 aliphatic rings. The molecule has 9 heteroatoms. The van der Waals surface area contributed by atoms with Crippen molar-refractivity contribution in [3.63, 3.8) is 0 Å². The molecule has 0 aliphatic carbocycles. The highest BCUT2D eigenvalue weighted by Crippen LogP contribution is 2.32. The van der Waals surface area contributed by atoms with Gasteiger partial charge in [-0.05, 0) is 19.1 Å². The maximum absolute atomic E-state index is 13.6. The van der Waals surface area contributed by atoms with Gasteiger partial charge in [0.1, 0.15) is 0 Å². The summed E-state index contributed by atoms with van der Waals surface area (Å²) in [6, 6.07) is 1.51. The first kappa shape index (κ1) is 14.9. The Hall–Kier alpha value is -2.45. The van der Waals surface area contributed by atoms with Gasteiger partial charge < -0.3 is 9.84 Å². The second-order valence-electron chi connectivity index (χ2n) is 3.94. The van der Waals surface area contributed by atoms with Gasteiger partial charge in [-0.15, -0.1) is 0 Å². The first-order valence-corrected chi connectivity index (χ1v) is 5.68. The van der Waals surface area contributed by atoms with Crippen LogP contribution in [0, 0.1) is 5.82 Å². The molecule has 2 aromatic heterocycles. The lowest BCUT2D eigenvalue weighted by atomic mass is 10.1. The maximum atomic E-state index is 13.6. The number of carbonyl (C=O) groups is 1. The number of hydrogen-bond acceptors (Lipinski definition) is 4. The zero-order valence-corrected chi connectivity index (χ0v) is 10.5. The summed E-state index contributed by atoms with van der Waals surface area (Å²) in [5.41, 5.74) is -3.11. The molecule has 0 saturated carbocycles. The Labute approximate surface area is 115 Å². The summed E-state index contributed by atoms with van der Waals surface area (Å²) in [4.78, 5) is 17.6. The summed E-state index contributed by atoms with van der Waals surface area (Å²) in [6.45, 7) is 1.61. The highest BCUT2D eigenvalue weighted by Gasteiger charge is 2.38. The SMILES string of the molecule is CCOc1nc2nc(C(F)(F)F)c(C(=O)O)cc2cc1F. The van der Waals surface area contributed by atoms with E-state index in [-0.39, 0.29) is 12.0 Å². The summed E-state index contributed by atoms with van der Waals surface area (Å²) in [6.07, 6.45) is -4.97. The van der Waals surface area contributed by atoms with Gasteiger partial charge in [-0.2, -0.15) is 18.2 Å². The number of alkyl halides is 3. The fourth-order valence-electron chi connectivity index (χ4n) is 1.68. The molecular formula is C12H8F4N2O3. The Bertz CT molecular complexity index is 716. The molecule has 0 bridgehead atoms. The molecule has 0 aliphatic heterocycles. The van der Waals surface area contributed by atoms with E-state index in [2.05, 4.69) is 9.97 Å². The third kappa shape index (κ3) is 2.86. The number of halogens is 4. The highest BCUT2D eigenvalue weighted by molar-refractivity contribution is 5.93. The molecule has 0 unspecified atom stereocenters. The van der Waals surface area contributed by atoms with Gasteiger partial charge >= 0.3 is 12.1 Å². The molecule has 0 spiro atoms. The van der Waals surface area contributed by atoms with Crippen LogP contribution in [0.25, 0.3) is 11.0 Å². The van der Waals surface area contributed by atoms with Crippen molar-refractivity contribution < 1.29 is 32.2 Å². The molecule has 0 aromatic carbocycles. The second kappa shape index (κ2) is 5.15. The van der Waals surface area contributed by atoms with Gasteiger partial charge in [0.2, 0.25) is 0 Å². The Morgan fingerprint density at radius 2 is 2.00 bits per heavy atom. The van der Waals surface area contributed by atoms with Crippen molar-refractivity contribution in [3.8, 4) is 5.88 Å². The van der Waals surface area contributed by atoms with E-state index >= 15 is 0 Å². The molecule has 0 amide bonds. The Morgan fingerprint density at radius 1 is 1.33 bits per heavy atom. The molecule has 0 atom stereocenters. The van der Waals surface area contributed by atoms with Gasteiger partial charge in [-0.25, -0.2) is 14.2 Å². The fraction of sp³-hybridized carbons (Fsp3) is 0.250. The van der Waals surface area contributed by atoms with Crippen molar-refractivity contribution in [2.45, 2.75) is 13.1 Å². The molecule has 2 aromatic rings. The van der Waals surface area contributed by atoms with Crippen molar-refractivity contribution in [1.82, 2.24) is 9.97 Å². The minimum Gasteiger partial charge on any atom is -0.478 e. The number of carboxylic acid groups (broad SMARTS) is 1. The van der Waals surface area contributed by atoms with E-state index in [4.69, 9.17) is 9.84 Å². The third-order valence-electron chi connectivity index (χ3n) is 2.50. The molecule has 2 heterocycles. The minimum atomic E-state index is -4.97. The normalized spacial score (nSPS) is 11.7. The average Bonchev–Trinajstić information content (AvgIpc) is 2.37. The van der Waals surface area contributed by atoms with Crippen molar-refractivity contribution in [2.75, 3.05) is 6.61 Å². The van der Waals surface area contributed by atoms with Crippen LogP contribution in [0.3, 0.4) is 0 Å². The fourth-order valence-corrected chi connectivity index (χ4v) is 1.68. The molecule has 0 fully saturated rings. The number of ether oxygens (including phenoxy) is 1. The van der Waals surface area contributed by atoms with E-state index in [0.717, 1.165) is 6.07 Å². The molecule has 0 saturated heterocycles. The van der Waals surface area contributed by atoms with Gasteiger partial charge in [-0.3, -0.25) is 0 Å². The van der Waals surface area contributed by atoms with Crippen LogP contribution in [-0.4, -0.2) is 27.7 Å². The molecule has 1 N–H and O–H groups in total. The molecule has 21 heavy (non-hydrogen) atoms. The van der Waals surface area contributed by atoms with Gasteiger partial charge in [0.15, 0.2) is 17.2 Å². The molecule has 112 valence electrons. The first-order valence-electron chi connectivity index (χ1n) is 5.68. The minimum absolute atomic E-state index is 0.0643. The van der Waals surface area contributed by atoms with Crippen molar-refractivity contribution in [2.24, 2.45) is 0 Å². The number of rotatable bonds is 3. The summed E-state index contributed by atoms with van der Waals surface area (Å²) in [7, 11) is 0. The zero-order valence-electron chi connectivity index (χ0n) is 10.5. The number of nitrogens with zero attached hydrogens (tertiary/aromatic N) is 2. The monoisotopic (exact) mass is 304 g/mol. The van der Waals surface area contributed by atoms with E-state index in [1.807, 2.05) is 0 Å². The van der Waals surface area contributed by atoms with Gasteiger partial charge in [-0.1, -0.05) is 0 Å². The summed E-state index contributed by atoms with van der Waals surface area (Å²) in [5.74, 6) is -3.22. The van der Waals surface area contributed by atoms with Crippen LogP contribution in [0.4, 0.5) is 17.6 Å². The maximum Gasteiger partial charge on any atom is 0.434 e. The molecule has 2 rings (SSSR count). The van der Waals surface area contributed by atoms with Crippen LogP contribution < -0.4 is 4.74 Å². The predicted molar refractivity (Wildman–Crippen MR) is 62.6 cm³/mol. The van der Waals surface area contributed by atoms with Crippen LogP contribution in [0.2, 0.25) is 0 Å². The predicted octanol–water partition coefficient (Wildman–Crippen LogP) is 2.88. The standard InChI is InChI=1S/C12H8F4N2O3/c1-2-21-10-7(13)4-5-3-6(11(19)20)8(12(14,15)16)17-9(5)18-10/h3-4H,2H2,1H3,(H,19,20). The van der Waals surface area contributed by atoms with Crippen molar-refractivity contribution in [3.05, 3.63) is 29.2 Å². The Kier molecular flexibility index (Phi) is 3.67. The van der Waals surface area contributed by atoms with Crippen LogP contribution in [0.5, 0.6) is 5.88 Å². The van der Waals surface area contributed by atoms with Gasteiger partial charge in [0, 0.05) is 5.39 Å². The average molecular weight is 304 g/mol. The number of hydrogen-bond donors (Lipinski definition) is 1. The smallest absolute Gasteiger partial charge is 0.434 e. The molecular weight excluding hydrogens is 296 g/mol. The Morgan fingerprint density at radius 3 is 2.52 bits per heavy atom. The van der Waals surface area contributed by atoms with E-state index in [9.17, 15) is 22.4 Å². The highest BCUT2D eigenvalue weighted by atomic mass is 19.4. The molecule has 5 nitrogen and oxygen atoms in total. The topological polar surface area (TPSA) is 72.3 Å². The van der Waals surface area contributed by atoms with E-state index in [1.165, 1.54) is 0 Å². The number of fused-ring (bicyclic) bond motifs is 1. The van der Waals surface area contributed by atoms with Crippen LogP contribution in [0.1, 0.15) is 23.0 Å². The number of carboxylic acids is 1. The molecule has 0 radical (unpaired) electrons. The largest absolute Gasteiger partial charge is 0.478 e. The van der Waals surface area contributed by atoms with Gasteiger partial charge in [0.05, 0.1) is 12.2 Å². The zero-order chi connectivity index (χ0) is 15.8. The van der Waals surface area contributed by atoms with Crippen LogP contribution >= 0.6 is 0 Å². The van der Waals surface area contributed by atoms with Crippen molar-refractivity contribution >= 4 is 17.0 Å². The summed E-state index contributed by atoms with van der Waals surface area (Å²) >= 11 is 0. The second-order valence-corrected chi connectivity index (χ2v) is 3.94. The van der Waals surface area contributed by atoms with Crippen molar-refractivity contribution in [1.29, 1.82) is 0 Å². The first-order chi connectivity index (χ1) is 9.74. The summed E-state index contributed by atoms with van der Waals surface area (Å²) < 4.78 is 56.8. The third-order valence-corrected chi connectivity index (χ3v) is 2.50. The van der Waals surface area contributed by atoms with Crippen LogP contribution in [0.15, 0.2) is 12.1 Å². The Balaban J connectivity index is 2.76. The van der Waals surface area contributed by atoms with Crippen LogP contribution in [-0.2, 0) is 6.18 Å². The number of pyridine rings is 2. The van der Waals surface area contributed by atoms with E-state index < -0.39 is 40.7 Å². The quantitative estimate of drug-likeness (QED) is 0.883. The summed E-state index contributed by atoms with van der Waals surface area (Å²) in [5, 5.41) is 8.65. The number of aromatic nitrogens is 2.